The molecular formula is C17H23N5O2. The fourth-order valence-corrected chi connectivity index (χ4v) is 3.26. The number of hydrogen-bond acceptors (Lipinski definition) is 3. The molecule has 1 fully saturated rings. The number of aromatic nitrogens is 3. The molecule has 0 aliphatic carbocycles. The van der Waals surface area contributed by atoms with Crippen LogP contribution in [-0.4, -0.2) is 32.6 Å². The van der Waals surface area contributed by atoms with Crippen LogP contribution >= 0.6 is 0 Å². The van der Waals surface area contributed by atoms with Gasteiger partial charge >= 0.3 is 0 Å². The number of aromatic amines is 1. The monoisotopic (exact) mass is 329 g/mol. The van der Waals surface area contributed by atoms with Gasteiger partial charge in [-0.15, -0.1) is 0 Å². The Bertz CT molecular complexity index is 733. The van der Waals surface area contributed by atoms with Crippen molar-refractivity contribution in [3.8, 4) is 0 Å². The Morgan fingerprint density at radius 3 is 3.00 bits per heavy atom. The number of hydrogen-bond donors (Lipinski definition) is 3. The van der Waals surface area contributed by atoms with Gasteiger partial charge in [-0.2, -0.15) is 5.10 Å². The van der Waals surface area contributed by atoms with Crippen LogP contribution in [0.2, 0.25) is 0 Å². The molecule has 3 rings (SSSR count). The molecule has 3 heterocycles. The highest BCUT2D eigenvalue weighted by molar-refractivity contribution is 5.95. The summed E-state index contributed by atoms with van der Waals surface area (Å²) in [6.07, 6.45) is 5.29. The lowest BCUT2D eigenvalue weighted by molar-refractivity contribution is -0.123. The molecule has 2 aromatic rings. The average Bonchev–Trinajstić information content (AvgIpc) is 3.24. The minimum absolute atomic E-state index is 0.00486. The molecule has 7 nitrogen and oxygen atoms in total. The van der Waals surface area contributed by atoms with Gasteiger partial charge in [-0.1, -0.05) is 6.92 Å². The van der Waals surface area contributed by atoms with E-state index in [-0.39, 0.29) is 23.9 Å². The molecule has 2 amide bonds. The molecule has 128 valence electrons. The number of piperidine rings is 1. The zero-order chi connectivity index (χ0) is 17.1. The fraction of sp³-hybridized carbons (Fsp3) is 0.471. The second-order valence-electron chi connectivity index (χ2n) is 5.96. The van der Waals surface area contributed by atoms with Gasteiger partial charge < -0.3 is 15.6 Å². The number of aryl methyl sites for hydroxylation is 2. The standard InChI is InChI=1S/C17H23N5O2/c1-3-12-11(7-9-18-12)17(24)20-13-5-6-15(23)21-16(13)14-8-10-19-22(14)4-2/h7-10,13,16,18H,3-6H2,1-2H3,(H,20,24)(H,21,23). The van der Waals surface area contributed by atoms with Crippen LogP contribution in [0, 0.1) is 0 Å². The highest BCUT2D eigenvalue weighted by Gasteiger charge is 2.33. The van der Waals surface area contributed by atoms with Crippen LogP contribution in [-0.2, 0) is 17.8 Å². The smallest absolute Gasteiger partial charge is 0.253 e. The van der Waals surface area contributed by atoms with Crippen molar-refractivity contribution in [1.29, 1.82) is 0 Å². The van der Waals surface area contributed by atoms with E-state index in [0.29, 0.717) is 24.9 Å². The number of carbonyl (C=O) groups excluding carboxylic acids is 2. The Kier molecular flexibility index (Phi) is 4.69. The van der Waals surface area contributed by atoms with E-state index in [9.17, 15) is 9.59 Å². The van der Waals surface area contributed by atoms with E-state index in [1.807, 2.05) is 24.6 Å². The van der Waals surface area contributed by atoms with E-state index in [2.05, 4.69) is 20.7 Å². The molecule has 2 aromatic heterocycles. The summed E-state index contributed by atoms with van der Waals surface area (Å²) >= 11 is 0. The molecule has 7 heteroatoms. The summed E-state index contributed by atoms with van der Waals surface area (Å²) in [6, 6.07) is 3.27. The summed E-state index contributed by atoms with van der Waals surface area (Å²) < 4.78 is 1.85. The molecule has 0 saturated carbocycles. The Morgan fingerprint density at radius 1 is 1.42 bits per heavy atom. The molecular weight excluding hydrogens is 306 g/mol. The summed E-state index contributed by atoms with van der Waals surface area (Å²) in [6.45, 7) is 4.72. The zero-order valence-electron chi connectivity index (χ0n) is 14.0. The van der Waals surface area contributed by atoms with Crippen molar-refractivity contribution in [2.24, 2.45) is 0 Å². The van der Waals surface area contributed by atoms with Crippen LogP contribution in [0.5, 0.6) is 0 Å². The first-order valence-electron chi connectivity index (χ1n) is 8.42. The largest absolute Gasteiger partial charge is 0.364 e. The Labute approximate surface area is 140 Å². The molecule has 2 unspecified atom stereocenters. The van der Waals surface area contributed by atoms with Crippen LogP contribution < -0.4 is 10.6 Å². The summed E-state index contributed by atoms with van der Waals surface area (Å²) in [7, 11) is 0. The predicted octanol–water partition coefficient (Wildman–Crippen LogP) is 1.54. The quantitative estimate of drug-likeness (QED) is 0.777. The summed E-state index contributed by atoms with van der Waals surface area (Å²) in [5, 5.41) is 10.4. The highest BCUT2D eigenvalue weighted by Crippen LogP contribution is 2.24. The predicted molar refractivity (Wildman–Crippen MR) is 89.4 cm³/mol. The number of rotatable bonds is 5. The van der Waals surface area contributed by atoms with Gasteiger partial charge in [-0.3, -0.25) is 14.3 Å². The number of carbonyl (C=O) groups is 2. The van der Waals surface area contributed by atoms with Gasteiger partial charge in [0.1, 0.15) is 0 Å². The Hall–Kier alpha value is -2.57. The van der Waals surface area contributed by atoms with Crippen LogP contribution in [0.25, 0.3) is 0 Å². The van der Waals surface area contributed by atoms with Crippen molar-refractivity contribution in [2.45, 2.75) is 51.7 Å². The van der Waals surface area contributed by atoms with E-state index in [0.717, 1.165) is 17.8 Å². The maximum absolute atomic E-state index is 12.6. The fourth-order valence-electron chi connectivity index (χ4n) is 3.26. The molecule has 1 aliphatic rings. The molecule has 2 atom stereocenters. The van der Waals surface area contributed by atoms with Gasteiger partial charge in [-0.25, -0.2) is 0 Å². The van der Waals surface area contributed by atoms with Crippen LogP contribution in [0.1, 0.15) is 54.5 Å². The first-order chi connectivity index (χ1) is 11.6. The Balaban J connectivity index is 1.82. The van der Waals surface area contributed by atoms with Crippen molar-refractivity contribution in [2.75, 3.05) is 0 Å². The summed E-state index contributed by atoms with van der Waals surface area (Å²) in [5.74, 6) is -0.105. The normalized spacial score (nSPS) is 20.7. The molecule has 0 aromatic carbocycles. The lowest BCUT2D eigenvalue weighted by Gasteiger charge is -2.33. The maximum atomic E-state index is 12.6. The number of H-pyrrole nitrogens is 1. The minimum Gasteiger partial charge on any atom is -0.364 e. The summed E-state index contributed by atoms with van der Waals surface area (Å²) in [5.41, 5.74) is 2.50. The molecule has 1 saturated heterocycles. The number of amides is 2. The van der Waals surface area contributed by atoms with Gasteiger partial charge in [0, 0.05) is 31.1 Å². The first kappa shape index (κ1) is 16.3. The van der Waals surface area contributed by atoms with Crippen LogP contribution in [0.15, 0.2) is 24.5 Å². The van der Waals surface area contributed by atoms with Crippen molar-refractivity contribution >= 4 is 11.8 Å². The molecule has 3 N–H and O–H groups in total. The van der Waals surface area contributed by atoms with Crippen molar-refractivity contribution in [3.63, 3.8) is 0 Å². The molecule has 0 spiro atoms. The minimum atomic E-state index is -0.262. The SMILES string of the molecule is CCc1[nH]ccc1C(=O)NC1CCC(=O)NC1c1ccnn1CC. The summed E-state index contributed by atoms with van der Waals surface area (Å²) in [4.78, 5) is 27.6. The topological polar surface area (TPSA) is 91.8 Å². The second kappa shape index (κ2) is 6.90. The van der Waals surface area contributed by atoms with E-state index in [1.54, 1.807) is 18.5 Å². The first-order valence-corrected chi connectivity index (χ1v) is 8.42. The van der Waals surface area contributed by atoms with Gasteiger partial charge in [0.05, 0.1) is 23.3 Å². The third-order valence-corrected chi connectivity index (χ3v) is 4.52. The number of nitrogens with one attached hydrogen (secondary N) is 3. The third kappa shape index (κ3) is 3.06. The van der Waals surface area contributed by atoms with Crippen molar-refractivity contribution in [3.05, 3.63) is 41.5 Å². The molecule has 1 aliphatic heterocycles. The van der Waals surface area contributed by atoms with E-state index in [1.165, 1.54) is 0 Å². The Morgan fingerprint density at radius 2 is 2.25 bits per heavy atom. The molecule has 0 radical (unpaired) electrons. The third-order valence-electron chi connectivity index (χ3n) is 4.52. The van der Waals surface area contributed by atoms with E-state index >= 15 is 0 Å². The van der Waals surface area contributed by atoms with E-state index in [4.69, 9.17) is 0 Å². The highest BCUT2D eigenvalue weighted by atomic mass is 16.2. The van der Waals surface area contributed by atoms with Crippen molar-refractivity contribution in [1.82, 2.24) is 25.4 Å². The van der Waals surface area contributed by atoms with Gasteiger partial charge in [-0.05, 0) is 31.9 Å². The zero-order valence-corrected chi connectivity index (χ0v) is 14.0. The molecule has 0 bridgehead atoms. The number of nitrogens with zero attached hydrogens (tertiary/aromatic N) is 2. The van der Waals surface area contributed by atoms with Crippen molar-refractivity contribution < 1.29 is 9.59 Å². The van der Waals surface area contributed by atoms with E-state index < -0.39 is 0 Å². The van der Waals surface area contributed by atoms with Gasteiger partial charge in [0.25, 0.3) is 5.91 Å². The maximum Gasteiger partial charge on any atom is 0.253 e. The van der Waals surface area contributed by atoms with Gasteiger partial charge in [0.2, 0.25) is 5.91 Å². The average molecular weight is 329 g/mol. The molecule has 24 heavy (non-hydrogen) atoms. The second-order valence-corrected chi connectivity index (χ2v) is 5.96. The van der Waals surface area contributed by atoms with Crippen LogP contribution in [0.3, 0.4) is 0 Å². The lowest BCUT2D eigenvalue weighted by atomic mass is 9.94. The lowest BCUT2D eigenvalue weighted by Crippen LogP contribution is -2.50. The van der Waals surface area contributed by atoms with Crippen LogP contribution in [0.4, 0.5) is 0 Å². The van der Waals surface area contributed by atoms with Gasteiger partial charge in [0.15, 0.2) is 0 Å².